The van der Waals surface area contributed by atoms with Crippen LogP contribution in [0.5, 0.6) is 0 Å². The van der Waals surface area contributed by atoms with E-state index >= 15 is 0 Å². The molecule has 0 saturated carbocycles. The number of benzene rings is 2. The lowest BCUT2D eigenvalue weighted by Gasteiger charge is -2.12. The molecule has 0 saturated heterocycles. The van der Waals surface area contributed by atoms with E-state index in [0.717, 1.165) is 21.5 Å². The smallest absolute Gasteiger partial charge is 0.231 e. The van der Waals surface area contributed by atoms with E-state index in [1.54, 1.807) is 18.2 Å². The molecule has 0 aliphatic rings. The van der Waals surface area contributed by atoms with Gasteiger partial charge in [0.05, 0.1) is 17.7 Å². The molecule has 1 amide bonds. The summed E-state index contributed by atoms with van der Waals surface area (Å²) in [4.78, 5) is 16.9. The van der Waals surface area contributed by atoms with Crippen molar-refractivity contribution in [1.82, 2.24) is 19.7 Å². The molecule has 0 aliphatic heterocycles. The van der Waals surface area contributed by atoms with Gasteiger partial charge in [-0.3, -0.25) is 4.79 Å². The van der Waals surface area contributed by atoms with Crippen LogP contribution in [0.1, 0.15) is 24.5 Å². The summed E-state index contributed by atoms with van der Waals surface area (Å²) in [5.41, 5.74) is 2.09. The molecule has 9 heteroatoms. The monoisotopic (exact) mass is 481 g/mol. The second kappa shape index (κ2) is 10.7. The van der Waals surface area contributed by atoms with Gasteiger partial charge in [0.2, 0.25) is 5.91 Å². The minimum atomic E-state index is -0.315. The number of halogens is 1. The summed E-state index contributed by atoms with van der Waals surface area (Å²) >= 11 is 2.97. The number of hydrogen-bond donors (Lipinski definition) is 1. The Morgan fingerprint density at radius 1 is 1.12 bits per heavy atom. The van der Waals surface area contributed by atoms with Crippen molar-refractivity contribution in [3.63, 3.8) is 0 Å². The van der Waals surface area contributed by atoms with Crippen LogP contribution in [0.15, 0.2) is 65.1 Å². The van der Waals surface area contributed by atoms with Gasteiger partial charge in [-0.25, -0.2) is 9.37 Å². The highest BCUT2D eigenvalue weighted by Crippen LogP contribution is 2.29. The van der Waals surface area contributed by atoms with E-state index in [4.69, 9.17) is 0 Å². The van der Waals surface area contributed by atoms with E-state index in [1.165, 1.54) is 29.2 Å². The standard InChI is InChI=1S/C24H24FN5OS2/c1-16(2)13-30-23(19-10-6-7-11-20(19)25)28-29-24(30)33-15-18-14-32-22(27-18)12-21(31)26-17-8-4-3-5-9-17/h3-11,14,16H,12-13,15H2,1-2H3,(H,26,31). The minimum absolute atomic E-state index is 0.0963. The average molecular weight is 482 g/mol. The summed E-state index contributed by atoms with van der Waals surface area (Å²) in [6.07, 6.45) is 0.227. The fourth-order valence-corrected chi connectivity index (χ4v) is 5.00. The lowest BCUT2D eigenvalue weighted by molar-refractivity contribution is -0.115. The van der Waals surface area contributed by atoms with Gasteiger partial charge >= 0.3 is 0 Å². The van der Waals surface area contributed by atoms with Gasteiger partial charge in [-0.2, -0.15) is 0 Å². The molecule has 0 radical (unpaired) electrons. The minimum Gasteiger partial charge on any atom is -0.326 e. The number of thiazole rings is 1. The van der Waals surface area contributed by atoms with Gasteiger partial charge in [0.15, 0.2) is 11.0 Å². The topological polar surface area (TPSA) is 72.7 Å². The van der Waals surface area contributed by atoms with Gasteiger partial charge < -0.3 is 9.88 Å². The molecule has 2 aromatic carbocycles. The summed E-state index contributed by atoms with van der Waals surface area (Å²) in [5.74, 6) is 1.05. The molecule has 4 rings (SSSR count). The maximum absolute atomic E-state index is 14.4. The molecule has 0 fully saturated rings. The second-order valence-corrected chi connectivity index (χ2v) is 9.79. The first-order valence-corrected chi connectivity index (χ1v) is 12.4. The van der Waals surface area contributed by atoms with E-state index in [0.29, 0.717) is 29.6 Å². The highest BCUT2D eigenvalue weighted by molar-refractivity contribution is 7.98. The third-order valence-electron chi connectivity index (χ3n) is 4.70. The normalized spacial score (nSPS) is 11.2. The number of anilines is 1. The largest absolute Gasteiger partial charge is 0.326 e. The zero-order valence-electron chi connectivity index (χ0n) is 18.4. The van der Waals surface area contributed by atoms with Crippen molar-refractivity contribution < 1.29 is 9.18 Å². The lowest BCUT2D eigenvalue weighted by Crippen LogP contribution is -2.14. The molecule has 6 nitrogen and oxygen atoms in total. The van der Waals surface area contributed by atoms with Crippen LogP contribution in [0.25, 0.3) is 11.4 Å². The quantitative estimate of drug-likeness (QED) is 0.312. The van der Waals surface area contributed by atoms with Crippen LogP contribution < -0.4 is 5.32 Å². The molecule has 0 unspecified atom stereocenters. The SMILES string of the molecule is CC(C)Cn1c(SCc2csc(CC(=O)Nc3ccccc3)n2)nnc1-c1ccccc1F. The van der Waals surface area contributed by atoms with E-state index in [2.05, 4.69) is 34.3 Å². The van der Waals surface area contributed by atoms with Crippen molar-refractivity contribution in [2.45, 2.75) is 37.7 Å². The summed E-state index contributed by atoms with van der Waals surface area (Å²) < 4.78 is 16.3. The van der Waals surface area contributed by atoms with Gasteiger partial charge in [0, 0.05) is 23.4 Å². The Morgan fingerprint density at radius 3 is 2.64 bits per heavy atom. The van der Waals surface area contributed by atoms with Crippen LogP contribution in [-0.4, -0.2) is 25.7 Å². The highest BCUT2D eigenvalue weighted by atomic mass is 32.2. The predicted octanol–water partition coefficient (Wildman–Crippen LogP) is 5.67. The zero-order valence-corrected chi connectivity index (χ0v) is 20.0. The van der Waals surface area contributed by atoms with Gasteiger partial charge in [-0.05, 0) is 30.2 Å². The lowest BCUT2D eigenvalue weighted by atomic mass is 10.2. The predicted molar refractivity (Wildman–Crippen MR) is 131 cm³/mol. The first-order chi connectivity index (χ1) is 16.0. The van der Waals surface area contributed by atoms with Crippen molar-refractivity contribution in [2.75, 3.05) is 5.32 Å². The van der Waals surface area contributed by atoms with Crippen molar-refractivity contribution in [1.29, 1.82) is 0 Å². The zero-order chi connectivity index (χ0) is 23.2. The van der Waals surface area contributed by atoms with Crippen molar-refractivity contribution in [2.24, 2.45) is 5.92 Å². The van der Waals surface area contributed by atoms with Crippen LogP contribution in [0.3, 0.4) is 0 Å². The summed E-state index contributed by atoms with van der Waals surface area (Å²) in [7, 11) is 0. The first kappa shape index (κ1) is 23.1. The number of aromatic nitrogens is 4. The number of rotatable bonds is 9. The second-order valence-electron chi connectivity index (χ2n) is 7.90. The van der Waals surface area contributed by atoms with Crippen LogP contribution >= 0.6 is 23.1 Å². The molecule has 1 N–H and O–H groups in total. The molecule has 170 valence electrons. The molecule has 2 aromatic heterocycles. The highest BCUT2D eigenvalue weighted by Gasteiger charge is 2.18. The van der Waals surface area contributed by atoms with Crippen LogP contribution in [-0.2, 0) is 23.5 Å². The number of hydrogen-bond acceptors (Lipinski definition) is 6. The Bertz CT molecular complexity index is 1220. The van der Waals surface area contributed by atoms with Crippen LogP contribution in [0, 0.1) is 11.7 Å². The number of nitrogens with one attached hydrogen (secondary N) is 1. The summed E-state index contributed by atoms with van der Waals surface area (Å²) in [6.45, 7) is 4.89. The van der Waals surface area contributed by atoms with Gasteiger partial charge in [-0.1, -0.05) is 55.9 Å². The molecule has 2 heterocycles. The van der Waals surface area contributed by atoms with E-state index < -0.39 is 0 Å². The fraction of sp³-hybridized carbons (Fsp3) is 0.250. The summed E-state index contributed by atoms with van der Waals surface area (Å²) in [6, 6.07) is 16.0. The van der Waals surface area contributed by atoms with Crippen LogP contribution in [0.2, 0.25) is 0 Å². The summed E-state index contributed by atoms with van der Waals surface area (Å²) in [5, 5.41) is 14.9. The number of nitrogens with zero attached hydrogens (tertiary/aromatic N) is 4. The number of carbonyl (C=O) groups is 1. The number of carbonyl (C=O) groups excluding carboxylic acids is 1. The van der Waals surface area contributed by atoms with E-state index in [1.807, 2.05) is 40.3 Å². The van der Waals surface area contributed by atoms with Gasteiger partial charge in [0.1, 0.15) is 10.8 Å². The Morgan fingerprint density at radius 2 is 1.88 bits per heavy atom. The van der Waals surface area contributed by atoms with E-state index in [-0.39, 0.29) is 18.1 Å². The fourth-order valence-electron chi connectivity index (χ4n) is 3.27. The Kier molecular flexibility index (Phi) is 7.51. The molecule has 33 heavy (non-hydrogen) atoms. The molecule has 0 atom stereocenters. The van der Waals surface area contributed by atoms with Crippen molar-refractivity contribution in [3.05, 3.63) is 76.5 Å². The molecular formula is C24H24FN5OS2. The van der Waals surface area contributed by atoms with Gasteiger partial charge in [0.25, 0.3) is 0 Å². The maximum Gasteiger partial charge on any atom is 0.231 e. The first-order valence-electron chi connectivity index (χ1n) is 10.6. The molecular weight excluding hydrogens is 457 g/mol. The number of amides is 1. The van der Waals surface area contributed by atoms with Crippen LogP contribution in [0.4, 0.5) is 10.1 Å². The van der Waals surface area contributed by atoms with Gasteiger partial charge in [-0.15, -0.1) is 21.5 Å². The van der Waals surface area contributed by atoms with E-state index in [9.17, 15) is 9.18 Å². The Labute approximate surface area is 200 Å². The Hall–Kier alpha value is -3.04. The third kappa shape index (κ3) is 6.06. The Balaban J connectivity index is 1.43. The number of thioether (sulfide) groups is 1. The van der Waals surface area contributed by atoms with Crippen molar-refractivity contribution >= 4 is 34.7 Å². The average Bonchev–Trinajstić information content (AvgIpc) is 3.39. The molecule has 4 aromatic rings. The number of para-hydroxylation sites is 1. The maximum atomic E-state index is 14.4. The van der Waals surface area contributed by atoms with Crippen molar-refractivity contribution in [3.8, 4) is 11.4 Å². The molecule has 0 spiro atoms. The molecule has 0 bridgehead atoms. The molecule has 0 aliphatic carbocycles. The third-order valence-corrected chi connectivity index (χ3v) is 6.60.